The van der Waals surface area contributed by atoms with Crippen molar-refractivity contribution in [2.24, 2.45) is 5.92 Å². The van der Waals surface area contributed by atoms with E-state index in [4.69, 9.17) is 19.5 Å². The van der Waals surface area contributed by atoms with Crippen molar-refractivity contribution < 1.29 is 32.7 Å². The normalized spacial score (nSPS) is 28.3. The second kappa shape index (κ2) is 8.86. The van der Waals surface area contributed by atoms with E-state index in [0.717, 1.165) is 0 Å². The van der Waals surface area contributed by atoms with Gasteiger partial charge in [0.25, 0.3) is 0 Å². The van der Waals surface area contributed by atoms with E-state index in [1.54, 1.807) is 39.2 Å². The van der Waals surface area contributed by atoms with Crippen LogP contribution in [0.1, 0.15) is 40.8 Å². The summed E-state index contributed by atoms with van der Waals surface area (Å²) >= 11 is 0. The lowest BCUT2D eigenvalue weighted by Gasteiger charge is -2.26. The lowest BCUT2D eigenvalue weighted by atomic mass is 10.0. The molecule has 3 heterocycles. The highest BCUT2D eigenvalue weighted by molar-refractivity contribution is 7.53. The molecule has 14 heteroatoms. The van der Waals surface area contributed by atoms with Crippen molar-refractivity contribution in [3.63, 3.8) is 0 Å². The molecule has 3 unspecified atom stereocenters. The van der Waals surface area contributed by atoms with Crippen LogP contribution in [-0.4, -0.2) is 59.4 Å². The van der Waals surface area contributed by atoms with Gasteiger partial charge >= 0.3 is 15.2 Å². The number of nitrogens with two attached hydrogens (primary N) is 1. The van der Waals surface area contributed by atoms with Gasteiger partial charge in [0.05, 0.1) is 24.3 Å². The molecule has 2 aromatic rings. The summed E-state index contributed by atoms with van der Waals surface area (Å²) in [5, 5.41) is 0. The van der Waals surface area contributed by atoms with E-state index in [0.29, 0.717) is 11.2 Å². The fourth-order valence-electron chi connectivity index (χ4n) is 3.18. The van der Waals surface area contributed by atoms with Gasteiger partial charge in [0.2, 0.25) is 0 Å². The minimum absolute atomic E-state index is 0.208. The van der Waals surface area contributed by atoms with Crippen molar-refractivity contribution >= 4 is 32.2 Å². The number of rotatable bonds is 8. The number of fused-ring (bicyclic) bond motifs is 1. The summed E-state index contributed by atoms with van der Waals surface area (Å²) in [6, 6.07) is 0. The quantitative estimate of drug-likeness (QED) is 0.477. The Morgan fingerprint density at radius 1 is 1.16 bits per heavy atom. The molecule has 0 saturated carbocycles. The Balaban J connectivity index is 1.93. The van der Waals surface area contributed by atoms with Gasteiger partial charge in [-0.3, -0.25) is 13.7 Å². The minimum Gasteiger partial charge on any atom is -0.382 e. The molecule has 0 bridgehead atoms. The van der Waals surface area contributed by atoms with Gasteiger partial charge in [0.1, 0.15) is 30.3 Å². The number of hydrogen-bond donors (Lipinski definition) is 3. The van der Waals surface area contributed by atoms with Crippen molar-refractivity contribution in [1.82, 2.24) is 19.5 Å². The highest BCUT2D eigenvalue weighted by Gasteiger charge is 2.48. The molecule has 0 aromatic carbocycles. The molecule has 2 aromatic heterocycles. The second-order valence-corrected chi connectivity index (χ2v) is 13.0. The maximum atomic E-state index is 12.6. The molecule has 3 rings (SSSR count). The molecule has 31 heavy (non-hydrogen) atoms. The van der Waals surface area contributed by atoms with E-state index in [9.17, 15) is 18.9 Å². The maximum Gasteiger partial charge on any atom is 0.330 e. The summed E-state index contributed by atoms with van der Waals surface area (Å²) in [5.74, 6) is -0.238. The molecular formula is C17H29N5O7P2. The van der Waals surface area contributed by atoms with Gasteiger partial charge < -0.3 is 29.3 Å². The number of imidazole rings is 1. The number of hydrogen-bond acceptors (Lipinski definition) is 9. The zero-order chi connectivity index (χ0) is 23.1. The van der Waals surface area contributed by atoms with Crippen molar-refractivity contribution in [2.75, 3.05) is 12.3 Å². The minimum atomic E-state index is -3.97. The molecule has 1 fully saturated rings. The highest BCUT2D eigenvalue weighted by atomic mass is 31.2. The van der Waals surface area contributed by atoms with Crippen LogP contribution in [0.4, 0.5) is 5.82 Å². The molecule has 174 valence electrons. The Kier molecular flexibility index (Phi) is 6.93. The highest BCUT2D eigenvalue weighted by Crippen LogP contribution is 2.54. The number of nitrogen functional groups attached to an aromatic ring is 1. The number of anilines is 1. The number of ether oxygens (including phenoxy) is 1. The monoisotopic (exact) mass is 477 g/mol. The fourth-order valence-corrected chi connectivity index (χ4v) is 4.76. The molecule has 0 spiro atoms. The smallest absolute Gasteiger partial charge is 0.330 e. The van der Waals surface area contributed by atoms with Gasteiger partial charge in [-0.1, -0.05) is 34.6 Å². The first-order valence-electron chi connectivity index (χ1n) is 9.91. The van der Waals surface area contributed by atoms with Gasteiger partial charge in [0.15, 0.2) is 11.5 Å². The summed E-state index contributed by atoms with van der Waals surface area (Å²) in [6.45, 7) is 7.78. The Morgan fingerprint density at radius 2 is 1.81 bits per heavy atom. The molecule has 0 amide bonds. The lowest BCUT2D eigenvalue weighted by molar-refractivity contribution is -0.0394. The van der Waals surface area contributed by atoms with Gasteiger partial charge in [-0.15, -0.1) is 0 Å². The fraction of sp³-hybridized carbons (Fsp3) is 0.706. The van der Waals surface area contributed by atoms with Crippen molar-refractivity contribution in [3.05, 3.63) is 12.7 Å². The van der Waals surface area contributed by atoms with E-state index in [1.807, 2.05) is 0 Å². The van der Waals surface area contributed by atoms with E-state index >= 15 is 0 Å². The molecule has 4 N–H and O–H groups in total. The van der Waals surface area contributed by atoms with Gasteiger partial charge in [-0.05, 0) is 0 Å². The average molecular weight is 477 g/mol. The van der Waals surface area contributed by atoms with Crippen molar-refractivity contribution in [3.8, 4) is 0 Å². The zero-order valence-electron chi connectivity index (χ0n) is 18.0. The van der Waals surface area contributed by atoms with Crippen LogP contribution in [-0.2, 0) is 22.9 Å². The van der Waals surface area contributed by atoms with E-state index < -0.39 is 50.9 Å². The maximum absolute atomic E-state index is 12.6. The second-order valence-electron chi connectivity index (χ2n) is 8.19. The predicted octanol–water partition coefficient (Wildman–Crippen LogP) is 2.53. The number of aromatic nitrogens is 4. The van der Waals surface area contributed by atoms with E-state index in [2.05, 4.69) is 15.0 Å². The van der Waals surface area contributed by atoms with Crippen LogP contribution < -0.4 is 5.73 Å². The van der Waals surface area contributed by atoms with Crippen molar-refractivity contribution in [2.45, 2.75) is 64.4 Å². The van der Waals surface area contributed by atoms with Crippen LogP contribution in [0.5, 0.6) is 0 Å². The van der Waals surface area contributed by atoms with Gasteiger partial charge in [-0.2, -0.15) is 0 Å². The summed E-state index contributed by atoms with van der Waals surface area (Å²) in [5.41, 5.74) is 5.43. The van der Waals surface area contributed by atoms with Crippen LogP contribution >= 0.6 is 15.2 Å². The van der Waals surface area contributed by atoms with Crippen LogP contribution in [0.25, 0.3) is 11.2 Å². The van der Waals surface area contributed by atoms with Crippen molar-refractivity contribution in [1.29, 1.82) is 0 Å². The van der Waals surface area contributed by atoms with E-state index in [-0.39, 0.29) is 12.4 Å². The van der Waals surface area contributed by atoms with Crippen LogP contribution in [0.15, 0.2) is 12.7 Å². The first kappa shape index (κ1) is 24.3. The number of nitrogens with zero attached hydrogens (tertiary/aromatic N) is 4. The molecule has 6 atom stereocenters. The first-order chi connectivity index (χ1) is 14.3. The Morgan fingerprint density at radius 3 is 2.42 bits per heavy atom. The van der Waals surface area contributed by atoms with Gasteiger partial charge in [0, 0.05) is 5.92 Å². The molecule has 1 aliphatic heterocycles. The molecule has 12 nitrogen and oxygen atoms in total. The largest absolute Gasteiger partial charge is 0.382 e. The third-order valence-electron chi connectivity index (χ3n) is 5.31. The van der Waals surface area contributed by atoms with Crippen LogP contribution in [0.2, 0.25) is 0 Å². The third kappa shape index (κ3) is 4.85. The Labute approximate surface area is 180 Å². The Bertz CT molecular complexity index is 1030. The lowest BCUT2D eigenvalue weighted by Crippen LogP contribution is -2.32. The van der Waals surface area contributed by atoms with E-state index in [1.165, 1.54) is 12.7 Å². The topological polar surface area (TPSA) is 172 Å². The molecule has 1 aliphatic rings. The Hall–Kier alpha value is -1.39. The summed E-state index contributed by atoms with van der Waals surface area (Å²) in [4.78, 5) is 32.7. The zero-order valence-corrected chi connectivity index (χ0v) is 19.8. The van der Waals surface area contributed by atoms with Gasteiger partial charge in [-0.25, -0.2) is 15.0 Å². The summed E-state index contributed by atoms with van der Waals surface area (Å²) < 4.78 is 43.5. The third-order valence-corrected chi connectivity index (χ3v) is 8.99. The SMILES string of the molecule is CC1[C@H](n2cnc3c(N)ncnc32)O[C@H](COP(=O)(O)C(C)C)[C@H]1OP(=O)(O)C(C)C. The van der Waals surface area contributed by atoms with Crippen LogP contribution in [0.3, 0.4) is 0 Å². The standard InChI is InChI=1S/C17H29N5O7P2/c1-9(2)30(23,24)27-6-12-14(29-31(25,26)10(3)4)11(5)17(28-12)22-8-21-13-15(18)19-7-20-16(13)22/h7-12,14,17H,6H2,1-5H3,(H,23,24)(H,25,26)(H2,18,19,20)/t11?,12-,14+,17-/m1/s1. The molecule has 1 saturated heterocycles. The average Bonchev–Trinajstić information content (AvgIpc) is 3.23. The summed E-state index contributed by atoms with van der Waals surface area (Å²) in [6.07, 6.45) is 0.336. The predicted molar refractivity (Wildman–Crippen MR) is 114 cm³/mol. The molecular weight excluding hydrogens is 448 g/mol. The first-order valence-corrected chi connectivity index (χ1v) is 13.2. The molecule has 0 aliphatic carbocycles. The molecule has 0 radical (unpaired) electrons. The summed E-state index contributed by atoms with van der Waals surface area (Å²) in [7, 11) is -7.85. The van der Waals surface area contributed by atoms with Crippen LogP contribution in [0, 0.1) is 5.92 Å².